The van der Waals surface area contributed by atoms with Crippen LogP contribution in [0.2, 0.25) is 0 Å². The Morgan fingerprint density at radius 2 is 1.80 bits per heavy atom. The summed E-state index contributed by atoms with van der Waals surface area (Å²) in [6, 6.07) is 17.8. The number of nitrogens with zero attached hydrogens (tertiary/aromatic N) is 3. The second-order valence-corrected chi connectivity index (χ2v) is 7.88. The van der Waals surface area contributed by atoms with Crippen LogP contribution in [0.25, 0.3) is 11.0 Å². The van der Waals surface area contributed by atoms with Crippen molar-refractivity contribution in [1.82, 2.24) is 9.55 Å². The van der Waals surface area contributed by atoms with E-state index in [1.807, 2.05) is 66.5 Å². The maximum atomic E-state index is 12.9. The van der Waals surface area contributed by atoms with Gasteiger partial charge in [-0.15, -0.1) is 0 Å². The fraction of sp³-hybridized carbons (Fsp3) is 0.300. The third-order valence-electron chi connectivity index (χ3n) is 4.00. The highest BCUT2D eigenvalue weighted by atomic mass is 32.2. The Labute approximate surface area is 152 Å². The molecule has 0 amide bonds. The minimum absolute atomic E-state index is 0.0830. The highest BCUT2D eigenvalue weighted by Gasteiger charge is 2.20. The Hall–Kier alpha value is -2.27. The number of benzene rings is 2. The Balaban J connectivity index is 1.99. The third-order valence-corrected chi connectivity index (χ3v) is 5.11. The van der Waals surface area contributed by atoms with Crippen LogP contribution >= 0.6 is 11.8 Å². The fourth-order valence-corrected chi connectivity index (χ4v) is 3.51. The van der Waals surface area contributed by atoms with Crippen molar-refractivity contribution in [2.75, 3.05) is 17.7 Å². The quantitative estimate of drug-likeness (QED) is 0.627. The van der Waals surface area contributed by atoms with E-state index < -0.39 is 0 Å². The number of imidazole rings is 1. The minimum Gasteiger partial charge on any atom is -0.315 e. The summed E-state index contributed by atoms with van der Waals surface area (Å²) in [5, 5.41) is 0.527. The molecule has 3 aromatic rings. The Morgan fingerprint density at radius 1 is 1.12 bits per heavy atom. The number of fused-ring (bicyclic) bond motifs is 1. The van der Waals surface area contributed by atoms with Gasteiger partial charge in [-0.3, -0.25) is 4.79 Å². The van der Waals surface area contributed by atoms with Crippen molar-refractivity contribution in [2.24, 2.45) is 0 Å². The summed E-state index contributed by atoms with van der Waals surface area (Å²) in [6.07, 6.45) is 0.499. The number of hydrogen-bond acceptors (Lipinski definition) is 4. The topological polar surface area (TPSA) is 38.1 Å². The lowest BCUT2D eigenvalue weighted by molar-refractivity contribution is 0.0917. The van der Waals surface area contributed by atoms with Gasteiger partial charge in [-0.1, -0.05) is 44.2 Å². The van der Waals surface area contributed by atoms with Crippen LogP contribution in [0.4, 0.5) is 11.6 Å². The van der Waals surface area contributed by atoms with E-state index in [0.717, 1.165) is 22.5 Å². The van der Waals surface area contributed by atoms with Gasteiger partial charge in [-0.25, -0.2) is 9.55 Å². The van der Waals surface area contributed by atoms with Crippen LogP contribution in [0.1, 0.15) is 25.1 Å². The minimum atomic E-state index is 0.0830. The molecule has 0 aliphatic carbocycles. The zero-order chi connectivity index (χ0) is 17.8. The van der Waals surface area contributed by atoms with E-state index in [2.05, 4.69) is 13.8 Å². The molecule has 0 fully saturated rings. The molecule has 4 nitrogen and oxygen atoms in total. The molecule has 0 radical (unpaired) electrons. The molecule has 2 aromatic carbocycles. The molecule has 0 N–H and O–H groups in total. The van der Waals surface area contributed by atoms with Crippen molar-refractivity contribution < 1.29 is 4.79 Å². The second-order valence-electron chi connectivity index (χ2n) is 6.19. The van der Waals surface area contributed by atoms with E-state index in [-0.39, 0.29) is 5.91 Å². The first-order chi connectivity index (χ1) is 12.1. The van der Waals surface area contributed by atoms with Gasteiger partial charge in [0.2, 0.25) is 11.9 Å². The molecule has 1 aromatic heterocycles. The van der Waals surface area contributed by atoms with E-state index in [1.54, 1.807) is 16.3 Å². The maximum Gasteiger partial charge on any atom is 0.234 e. The van der Waals surface area contributed by atoms with Crippen LogP contribution in [0.15, 0.2) is 54.6 Å². The van der Waals surface area contributed by atoms with Crippen molar-refractivity contribution in [3.8, 4) is 0 Å². The summed E-state index contributed by atoms with van der Waals surface area (Å²) in [6.45, 7) is 4.30. The molecule has 25 heavy (non-hydrogen) atoms. The monoisotopic (exact) mass is 353 g/mol. The first kappa shape index (κ1) is 17.5. The number of para-hydroxylation sites is 3. The number of thioether (sulfide) groups is 1. The molecule has 130 valence electrons. The number of carbonyl (C=O) groups is 1. The van der Waals surface area contributed by atoms with Gasteiger partial charge < -0.3 is 4.90 Å². The number of aromatic nitrogens is 2. The van der Waals surface area contributed by atoms with Crippen LogP contribution in [0, 0.1) is 0 Å². The van der Waals surface area contributed by atoms with Crippen LogP contribution in [0.5, 0.6) is 0 Å². The molecule has 0 aliphatic rings. The number of anilines is 2. The molecule has 3 rings (SSSR count). The lowest BCUT2D eigenvalue weighted by atomic mass is 10.3. The van der Waals surface area contributed by atoms with Crippen LogP contribution in [-0.4, -0.2) is 33.5 Å². The van der Waals surface area contributed by atoms with Gasteiger partial charge in [0.05, 0.1) is 11.0 Å². The highest BCUT2D eigenvalue weighted by molar-refractivity contribution is 7.99. The van der Waals surface area contributed by atoms with E-state index in [1.165, 1.54) is 0 Å². The van der Waals surface area contributed by atoms with Crippen molar-refractivity contribution in [3.05, 3.63) is 54.6 Å². The Bertz CT molecular complexity index is 858. The Morgan fingerprint density at radius 3 is 2.52 bits per heavy atom. The molecule has 0 atom stereocenters. The van der Waals surface area contributed by atoms with Crippen molar-refractivity contribution in [3.63, 3.8) is 0 Å². The summed E-state index contributed by atoms with van der Waals surface area (Å²) in [4.78, 5) is 19.6. The second kappa shape index (κ2) is 7.74. The van der Waals surface area contributed by atoms with Crippen molar-refractivity contribution in [2.45, 2.75) is 25.5 Å². The standard InChI is InChI=1S/C20H23N3OS/c1-15(2)25-14-13-19(24)23-18-12-8-7-11-17(18)21-20(23)22(3)16-9-5-4-6-10-16/h4-12,15H,13-14H2,1-3H3. The van der Waals surface area contributed by atoms with Gasteiger partial charge in [0.15, 0.2) is 0 Å². The van der Waals surface area contributed by atoms with Gasteiger partial charge in [-0.05, 0) is 29.5 Å². The summed E-state index contributed by atoms with van der Waals surface area (Å²) in [5.41, 5.74) is 2.70. The summed E-state index contributed by atoms with van der Waals surface area (Å²) in [5.74, 6) is 1.56. The normalized spacial score (nSPS) is 11.2. The average Bonchev–Trinajstić information content (AvgIpc) is 3.01. The summed E-state index contributed by atoms with van der Waals surface area (Å²) >= 11 is 1.80. The predicted octanol–water partition coefficient (Wildman–Crippen LogP) is 4.98. The molecule has 0 unspecified atom stereocenters. The SMILES string of the molecule is CC(C)SCCC(=O)n1c(N(C)c2ccccc2)nc2ccccc21. The van der Waals surface area contributed by atoms with Gasteiger partial charge in [0, 0.05) is 24.9 Å². The van der Waals surface area contributed by atoms with Crippen LogP contribution < -0.4 is 4.90 Å². The molecular formula is C20H23N3OS. The van der Waals surface area contributed by atoms with Gasteiger partial charge in [0.1, 0.15) is 0 Å². The molecule has 5 heteroatoms. The lowest BCUT2D eigenvalue weighted by Gasteiger charge is -2.19. The van der Waals surface area contributed by atoms with E-state index in [4.69, 9.17) is 4.98 Å². The molecular weight excluding hydrogens is 330 g/mol. The lowest BCUT2D eigenvalue weighted by Crippen LogP contribution is -2.20. The summed E-state index contributed by atoms with van der Waals surface area (Å²) in [7, 11) is 1.95. The van der Waals surface area contributed by atoms with Gasteiger partial charge in [0.25, 0.3) is 0 Å². The molecule has 0 bridgehead atoms. The summed E-state index contributed by atoms with van der Waals surface area (Å²) < 4.78 is 1.75. The zero-order valence-corrected chi connectivity index (χ0v) is 15.7. The highest BCUT2D eigenvalue weighted by Crippen LogP contribution is 2.27. The molecule has 0 saturated carbocycles. The van der Waals surface area contributed by atoms with Crippen LogP contribution in [-0.2, 0) is 0 Å². The van der Waals surface area contributed by atoms with E-state index in [9.17, 15) is 4.79 Å². The van der Waals surface area contributed by atoms with Gasteiger partial charge in [-0.2, -0.15) is 11.8 Å². The molecule has 0 saturated heterocycles. The smallest absolute Gasteiger partial charge is 0.234 e. The van der Waals surface area contributed by atoms with E-state index in [0.29, 0.717) is 17.6 Å². The maximum absolute atomic E-state index is 12.9. The third kappa shape index (κ3) is 3.87. The Kier molecular flexibility index (Phi) is 5.43. The molecule has 1 heterocycles. The average molecular weight is 353 g/mol. The molecule has 0 aliphatic heterocycles. The van der Waals surface area contributed by atoms with Crippen LogP contribution in [0.3, 0.4) is 0 Å². The van der Waals surface area contributed by atoms with Gasteiger partial charge >= 0.3 is 0 Å². The zero-order valence-electron chi connectivity index (χ0n) is 14.8. The number of carbonyl (C=O) groups excluding carboxylic acids is 1. The fourth-order valence-electron chi connectivity index (χ4n) is 2.74. The first-order valence-electron chi connectivity index (χ1n) is 8.49. The number of rotatable bonds is 6. The largest absolute Gasteiger partial charge is 0.315 e. The van der Waals surface area contributed by atoms with Crippen molar-refractivity contribution in [1.29, 1.82) is 0 Å². The van der Waals surface area contributed by atoms with Crippen molar-refractivity contribution >= 4 is 40.3 Å². The van der Waals surface area contributed by atoms with E-state index >= 15 is 0 Å². The predicted molar refractivity (Wildman–Crippen MR) is 107 cm³/mol. The first-order valence-corrected chi connectivity index (χ1v) is 9.54. The molecule has 0 spiro atoms. The number of hydrogen-bond donors (Lipinski definition) is 0.